The van der Waals surface area contributed by atoms with Crippen LogP contribution in [0.1, 0.15) is 17.4 Å². The van der Waals surface area contributed by atoms with Gasteiger partial charge in [0.25, 0.3) is 11.7 Å². The van der Waals surface area contributed by atoms with Gasteiger partial charge in [-0.15, -0.1) is 0 Å². The third-order valence-electron chi connectivity index (χ3n) is 4.71. The number of hydrogen-bond acceptors (Lipinski definition) is 5. The van der Waals surface area contributed by atoms with Gasteiger partial charge in [0.2, 0.25) is 0 Å². The zero-order valence-corrected chi connectivity index (χ0v) is 15.3. The highest BCUT2D eigenvalue weighted by Crippen LogP contribution is 2.42. The predicted octanol–water partition coefficient (Wildman–Crippen LogP) is 4.05. The Morgan fingerprint density at radius 2 is 1.86 bits per heavy atom. The van der Waals surface area contributed by atoms with Crippen LogP contribution in [0.25, 0.3) is 5.76 Å². The average molecular weight is 393 g/mol. The number of furan rings is 1. The van der Waals surface area contributed by atoms with E-state index >= 15 is 0 Å². The third kappa shape index (κ3) is 3.16. The van der Waals surface area contributed by atoms with E-state index < -0.39 is 23.5 Å². The van der Waals surface area contributed by atoms with E-state index in [0.717, 1.165) is 0 Å². The Hall–Kier alpha value is -3.87. The lowest BCUT2D eigenvalue weighted by atomic mass is 9.99. The molecule has 1 fully saturated rings. The van der Waals surface area contributed by atoms with Gasteiger partial charge in [-0.1, -0.05) is 12.1 Å². The minimum absolute atomic E-state index is 0.123. The van der Waals surface area contributed by atoms with Gasteiger partial charge in [0.15, 0.2) is 0 Å². The number of ketones is 1. The number of rotatable bonds is 4. The molecule has 1 saturated heterocycles. The first-order valence-corrected chi connectivity index (χ1v) is 8.75. The predicted molar refractivity (Wildman–Crippen MR) is 103 cm³/mol. The molecule has 0 bridgehead atoms. The standard InChI is InChI=1S/C22H16FNO5/c1-28-16-5-2-4-13(12-16)20(25)18-19(17-6-3-11-29-17)24(22(27)21(18)26)15-9-7-14(23)8-10-15/h2-12,19,25H,1H3/b20-18-. The van der Waals surface area contributed by atoms with Crippen molar-refractivity contribution in [1.82, 2.24) is 0 Å². The van der Waals surface area contributed by atoms with Crippen molar-refractivity contribution in [1.29, 1.82) is 0 Å². The number of ether oxygens (including phenoxy) is 1. The van der Waals surface area contributed by atoms with E-state index in [9.17, 15) is 19.1 Å². The van der Waals surface area contributed by atoms with Crippen LogP contribution in [0.4, 0.5) is 10.1 Å². The molecule has 6 nitrogen and oxygen atoms in total. The van der Waals surface area contributed by atoms with Crippen LogP contribution in [0.2, 0.25) is 0 Å². The highest BCUT2D eigenvalue weighted by atomic mass is 19.1. The number of anilines is 1. The Kier molecular flexibility index (Phi) is 4.64. The van der Waals surface area contributed by atoms with Crippen LogP contribution in [-0.2, 0) is 9.59 Å². The molecule has 1 amide bonds. The summed E-state index contributed by atoms with van der Waals surface area (Å²) in [4.78, 5) is 26.9. The van der Waals surface area contributed by atoms with Gasteiger partial charge in [-0.2, -0.15) is 0 Å². The molecule has 1 aromatic heterocycles. The van der Waals surface area contributed by atoms with Gasteiger partial charge in [0.1, 0.15) is 29.1 Å². The smallest absolute Gasteiger partial charge is 0.300 e. The molecule has 4 rings (SSSR count). The normalized spacial score (nSPS) is 18.3. The molecule has 29 heavy (non-hydrogen) atoms. The summed E-state index contributed by atoms with van der Waals surface area (Å²) in [6.07, 6.45) is 1.41. The quantitative estimate of drug-likeness (QED) is 0.411. The van der Waals surface area contributed by atoms with Gasteiger partial charge in [0, 0.05) is 11.3 Å². The van der Waals surface area contributed by atoms with E-state index in [-0.39, 0.29) is 17.1 Å². The van der Waals surface area contributed by atoms with E-state index in [4.69, 9.17) is 9.15 Å². The van der Waals surface area contributed by atoms with Gasteiger partial charge in [-0.05, 0) is 48.5 Å². The van der Waals surface area contributed by atoms with E-state index in [1.165, 1.54) is 42.5 Å². The fourth-order valence-corrected chi connectivity index (χ4v) is 3.34. The van der Waals surface area contributed by atoms with Crippen molar-refractivity contribution in [2.75, 3.05) is 12.0 Å². The van der Waals surface area contributed by atoms with Crippen LogP contribution < -0.4 is 9.64 Å². The summed E-state index contributed by atoms with van der Waals surface area (Å²) in [6, 6.07) is 13.9. The highest BCUT2D eigenvalue weighted by Gasteiger charge is 2.48. The van der Waals surface area contributed by atoms with E-state index in [2.05, 4.69) is 0 Å². The van der Waals surface area contributed by atoms with E-state index in [0.29, 0.717) is 17.0 Å². The molecule has 3 aromatic rings. The molecule has 1 aliphatic rings. The summed E-state index contributed by atoms with van der Waals surface area (Å²) in [6.45, 7) is 0. The van der Waals surface area contributed by atoms with Crippen LogP contribution >= 0.6 is 0 Å². The zero-order chi connectivity index (χ0) is 20.5. The molecule has 0 aliphatic carbocycles. The summed E-state index contributed by atoms with van der Waals surface area (Å²) in [5.41, 5.74) is 0.500. The lowest BCUT2D eigenvalue weighted by molar-refractivity contribution is -0.132. The van der Waals surface area contributed by atoms with Gasteiger partial charge >= 0.3 is 0 Å². The van der Waals surface area contributed by atoms with Crippen LogP contribution in [-0.4, -0.2) is 23.9 Å². The molecule has 1 aliphatic heterocycles. The molecule has 2 heterocycles. The lowest BCUT2D eigenvalue weighted by Crippen LogP contribution is -2.29. The molecule has 2 aromatic carbocycles. The van der Waals surface area contributed by atoms with Gasteiger partial charge in [0.05, 0.1) is 18.9 Å². The molecule has 0 saturated carbocycles. The number of amides is 1. The summed E-state index contributed by atoms with van der Waals surface area (Å²) in [7, 11) is 1.48. The molecule has 7 heteroatoms. The maximum absolute atomic E-state index is 13.4. The first-order chi connectivity index (χ1) is 14.0. The molecule has 1 atom stereocenters. The summed E-state index contributed by atoms with van der Waals surface area (Å²) in [5.74, 6) is -1.77. The number of Topliss-reactive ketones (excluding diaryl/α,β-unsaturated/α-hetero) is 1. The molecule has 1 unspecified atom stereocenters. The molecule has 0 spiro atoms. The van der Waals surface area contributed by atoms with Gasteiger partial charge in [-0.3, -0.25) is 14.5 Å². The van der Waals surface area contributed by atoms with E-state index in [1.54, 1.807) is 36.4 Å². The number of halogens is 1. The Labute approximate surface area is 165 Å². The van der Waals surface area contributed by atoms with Crippen LogP contribution in [0.5, 0.6) is 5.75 Å². The van der Waals surface area contributed by atoms with Crippen molar-refractivity contribution < 1.29 is 28.2 Å². The fourth-order valence-electron chi connectivity index (χ4n) is 3.34. The first kappa shape index (κ1) is 18.5. The summed E-state index contributed by atoms with van der Waals surface area (Å²) < 4.78 is 24.0. The SMILES string of the molecule is COc1cccc(/C(O)=C2/C(=O)C(=O)N(c3ccc(F)cc3)C2c2ccco2)c1. The van der Waals surface area contributed by atoms with Crippen molar-refractivity contribution >= 4 is 23.1 Å². The third-order valence-corrected chi connectivity index (χ3v) is 4.71. The molecule has 146 valence electrons. The average Bonchev–Trinajstić information content (AvgIpc) is 3.36. The number of carbonyl (C=O) groups excluding carboxylic acids is 2. The fraction of sp³-hybridized carbons (Fsp3) is 0.0909. The molecular weight excluding hydrogens is 377 g/mol. The van der Waals surface area contributed by atoms with Crippen LogP contribution in [0, 0.1) is 5.82 Å². The Balaban J connectivity index is 1.91. The second kappa shape index (κ2) is 7.27. The van der Waals surface area contributed by atoms with Gasteiger partial charge < -0.3 is 14.3 Å². The second-order valence-corrected chi connectivity index (χ2v) is 6.39. The van der Waals surface area contributed by atoms with Crippen molar-refractivity contribution in [2.45, 2.75) is 6.04 Å². The second-order valence-electron chi connectivity index (χ2n) is 6.39. The topological polar surface area (TPSA) is 80.0 Å². The summed E-state index contributed by atoms with van der Waals surface area (Å²) >= 11 is 0. The molecular formula is C22H16FNO5. The number of hydrogen-bond donors (Lipinski definition) is 1. The summed E-state index contributed by atoms with van der Waals surface area (Å²) in [5, 5.41) is 10.9. The van der Waals surface area contributed by atoms with Crippen LogP contribution in [0.15, 0.2) is 76.9 Å². The van der Waals surface area contributed by atoms with Crippen molar-refractivity contribution in [3.05, 3.63) is 89.6 Å². The monoisotopic (exact) mass is 393 g/mol. The van der Waals surface area contributed by atoms with Crippen molar-refractivity contribution in [2.24, 2.45) is 0 Å². The number of aliphatic hydroxyl groups excluding tert-OH is 1. The number of nitrogens with zero attached hydrogens (tertiary/aromatic N) is 1. The molecule has 0 radical (unpaired) electrons. The Bertz CT molecular complexity index is 1100. The maximum atomic E-state index is 13.4. The van der Waals surface area contributed by atoms with Crippen LogP contribution in [0.3, 0.4) is 0 Å². The number of aliphatic hydroxyl groups is 1. The zero-order valence-electron chi connectivity index (χ0n) is 15.3. The Morgan fingerprint density at radius 3 is 2.52 bits per heavy atom. The van der Waals surface area contributed by atoms with Crippen molar-refractivity contribution in [3.63, 3.8) is 0 Å². The minimum Gasteiger partial charge on any atom is -0.507 e. The van der Waals surface area contributed by atoms with E-state index in [1.807, 2.05) is 0 Å². The first-order valence-electron chi connectivity index (χ1n) is 8.75. The largest absolute Gasteiger partial charge is 0.507 e. The number of methoxy groups -OCH3 is 1. The molecule has 1 N–H and O–H groups in total. The lowest BCUT2D eigenvalue weighted by Gasteiger charge is -2.23. The van der Waals surface area contributed by atoms with Crippen molar-refractivity contribution in [3.8, 4) is 5.75 Å². The highest BCUT2D eigenvalue weighted by molar-refractivity contribution is 6.51. The number of benzene rings is 2. The van der Waals surface area contributed by atoms with Gasteiger partial charge in [-0.25, -0.2) is 4.39 Å². The maximum Gasteiger partial charge on any atom is 0.300 e. The minimum atomic E-state index is -0.998. The Morgan fingerprint density at radius 1 is 1.10 bits per heavy atom. The number of carbonyl (C=O) groups is 2.